The Kier molecular flexibility index (Phi) is 8.75. The molecule has 2 aliphatic carbocycles. The zero-order valence-electron chi connectivity index (χ0n) is 31.6. The number of fused-ring (bicyclic) bond motifs is 3. The molecule has 54 heavy (non-hydrogen) atoms. The Bertz CT molecular complexity index is 2540. The fourth-order valence-corrected chi connectivity index (χ4v) is 8.45. The Morgan fingerprint density at radius 2 is 0.870 bits per heavy atom. The molecule has 2 atom stereocenters. The Balaban J connectivity index is 1.38. The molecule has 0 amide bonds. The zero-order valence-corrected chi connectivity index (χ0v) is 31.6. The largest absolute Gasteiger partial charge is 0.309 e. The summed E-state index contributed by atoms with van der Waals surface area (Å²) in [6.07, 6.45) is 12.0. The van der Waals surface area contributed by atoms with E-state index in [-0.39, 0.29) is 0 Å². The maximum atomic E-state index is 2.63. The highest BCUT2D eigenvalue weighted by Crippen LogP contribution is 2.43. The summed E-state index contributed by atoms with van der Waals surface area (Å²) < 4.78 is 0. The highest BCUT2D eigenvalue weighted by molar-refractivity contribution is 6.08. The average molecular weight is 699 g/mol. The lowest BCUT2D eigenvalue weighted by Crippen LogP contribution is -2.39. The van der Waals surface area contributed by atoms with Gasteiger partial charge in [0, 0.05) is 44.0 Å². The van der Waals surface area contributed by atoms with E-state index in [4.69, 9.17) is 0 Å². The lowest BCUT2D eigenvalue weighted by Gasteiger charge is -2.34. The van der Waals surface area contributed by atoms with Gasteiger partial charge in [-0.05, 0) is 112 Å². The van der Waals surface area contributed by atoms with E-state index in [2.05, 4.69) is 207 Å². The van der Waals surface area contributed by atoms with Gasteiger partial charge in [0.15, 0.2) is 0 Å². The van der Waals surface area contributed by atoms with Crippen molar-refractivity contribution in [2.75, 3.05) is 9.80 Å². The average Bonchev–Trinajstić information content (AvgIpc) is 3.21. The first-order valence-electron chi connectivity index (χ1n) is 19.3. The molecule has 2 nitrogen and oxygen atoms in total. The predicted molar refractivity (Wildman–Crippen MR) is 231 cm³/mol. The Morgan fingerprint density at radius 1 is 0.444 bits per heavy atom. The Morgan fingerprint density at radius 3 is 1.35 bits per heavy atom. The molecule has 7 aromatic carbocycles. The van der Waals surface area contributed by atoms with Crippen LogP contribution in [0, 0.1) is 39.5 Å². The molecule has 0 spiro atoms. The van der Waals surface area contributed by atoms with Crippen molar-refractivity contribution in [2.45, 2.75) is 40.5 Å². The minimum atomic E-state index is 0.347. The van der Waals surface area contributed by atoms with Crippen LogP contribution in [0.4, 0.5) is 34.1 Å². The number of hydrogen-bond donors (Lipinski definition) is 0. The molecule has 0 heterocycles. The van der Waals surface area contributed by atoms with Gasteiger partial charge in [-0.15, -0.1) is 0 Å². The summed E-state index contributed by atoms with van der Waals surface area (Å²) in [5.41, 5.74) is 14.9. The molecule has 0 saturated carbocycles. The SMILES string of the molecule is Cc1ccc(N(c2ccc(C)cc2)c2c3c(c(N(c4ccc(C)cc4)c4ccc(C)cc4)c4ccccc24)=CC(C2C=Cc4ccccc4C2)CC=3)cc1. The maximum absolute atomic E-state index is 2.63. The number of hydrogen-bond acceptors (Lipinski definition) is 2. The van der Waals surface area contributed by atoms with E-state index in [0.717, 1.165) is 35.6 Å². The fourth-order valence-electron chi connectivity index (χ4n) is 8.45. The lowest BCUT2D eigenvalue weighted by molar-refractivity contribution is 0.502. The molecule has 7 aromatic rings. The van der Waals surface area contributed by atoms with Gasteiger partial charge in [-0.25, -0.2) is 0 Å². The number of nitrogens with zero attached hydrogens (tertiary/aromatic N) is 2. The quantitative estimate of drug-likeness (QED) is 0.153. The van der Waals surface area contributed by atoms with Gasteiger partial charge >= 0.3 is 0 Å². The molecule has 0 bridgehead atoms. The van der Waals surface area contributed by atoms with Gasteiger partial charge in [-0.1, -0.05) is 144 Å². The molecular formula is C52H46N2. The smallest absolute Gasteiger partial charge is 0.0616 e. The van der Waals surface area contributed by atoms with Gasteiger partial charge in [0.05, 0.1) is 11.4 Å². The zero-order chi connectivity index (χ0) is 36.8. The molecular weight excluding hydrogens is 653 g/mol. The third-order valence-electron chi connectivity index (χ3n) is 11.4. The van der Waals surface area contributed by atoms with Crippen LogP contribution in [0.15, 0.2) is 152 Å². The predicted octanol–water partition coefficient (Wildman–Crippen LogP) is 12.5. The summed E-state index contributed by atoms with van der Waals surface area (Å²) in [6.45, 7) is 8.66. The number of aryl methyl sites for hydroxylation is 4. The van der Waals surface area contributed by atoms with Crippen LogP contribution in [0.2, 0.25) is 0 Å². The van der Waals surface area contributed by atoms with E-state index in [1.807, 2.05) is 0 Å². The Labute approximate surface area is 319 Å². The first-order chi connectivity index (χ1) is 26.4. The molecule has 0 fully saturated rings. The van der Waals surface area contributed by atoms with Gasteiger partial charge in [0.25, 0.3) is 0 Å². The molecule has 2 unspecified atom stereocenters. The fraction of sp³-hybridized carbons (Fsp3) is 0.154. The van der Waals surface area contributed by atoms with Gasteiger partial charge in [-0.3, -0.25) is 0 Å². The number of benzene rings is 7. The van der Waals surface area contributed by atoms with Crippen LogP contribution in [-0.4, -0.2) is 0 Å². The monoisotopic (exact) mass is 698 g/mol. The van der Waals surface area contributed by atoms with Crippen molar-refractivity contribution in [3.63, 3.8) is 0 Å². The summed E-state index contributed by atoms with van der Waals surface area (Å²) in [5, 5.41) is 5.03. The summed E-state index contributed by atoms with van der Waals surface area (Å²) in [7, 11) is 0. The van der Waals surface area contributed by atoms with Gasteiger partial charge < -0.3 is 9.80 Å². The van der Waals surface area contributed by atoms with Crippen LogP contribution < -0.4 is 20.2 Å². The van der Waals surface area contributed by atoms with Crippen LogP contribution in [0.1, 0.15) is 39.8 Å². The van der Waals surface area contributed by atoms with E-state index in [1.54, 1.807) is 0 Å². The van der Waals surface area contributed by atoms with Crippen molar-refractivity contribution in [2.24, 2.45) is 11.8 Å². The molecule has 0 aromatic heterocycles. The molecule has 0 aliphatic heterocycles. The van der Waals surface area contributed by atoms with Crippen LogP contribution in [0.25, 0.3) is 29.0 Å². The third kappa shape index (κ3) is 6.22. The van der Waals surface area contributed by atoms with Crippen molar-refractivity contribution in [1.82, 2.24) is 0 Å². The molecule has 0 saturated heterocycles. The summed E-state index contributed by atoms with van der Waals surface area (Å²) in [6, 6.07) is 54.0. The Hall–Kier alpha value is -6.12. The van der Waals surface area contributed by atoms with Gasteiger partial charge in [0.1, 0.15) is 0 Å². The molecule has 0 radical (unpaired) electrons. The standard InChI is InChI=1S/C52H46N2/c1-35-13-24-43(25-14-35)53(44-26-15-36(2)16-27-44)51-47-11-7-8-12-48(47)52(54(45-28-17-37(3)18-29-45)46-30-19-38(4)20-31-46)50-34-42(23-32-49(50)51)41-22-21-39-9-5-6-10-40(39)33-41/h5-22,24-32,34,41-42H,23,33H2,1-4H3. The van der Waals surface area contributed by atoms with Crippen molar-refractivity contribution in [3.8, 4) is 0 Å². The normalized spacial score (nSPS) is 15.9. The van der Waals surface area contributed by atoms with Crippen LogP contribution in [0.5, 0.6) is 0 Å². The first-order valence-corrected chi connectivity index (χ1v) is 19.3. The van der Waals surface area contributed by atoms with Gasteiger partial charge in [-0.2, -0.15) is 0 Å². The molecule has 264 valence electrons. The summed E-state index contributed by atoms with van der Waals surface area (Å²) in [5.74, 6) is 0.754. The van der Waals surface area contributed by atoms with E-state index in [0.29, 0.717) is 11.8 Å². The van der Waals surface area contributed by atoms with Crippen molar-refractivity contribution in [3.05, 3.63) is 195 Å². The van der Waals surface area contributed by atoms with E-state index in [1.165, 1.54) is 66.0 Å². The molecule has 2 aliphatic rings. The van der Waals surface area contributed by atoms with Crippen molar-refractivity contribution >= 4 is 63.1 Å². The van der Waals surface area contributed by atoms with E-state index in [9.17, 15) is 0 Å². The molecule has 9 rings (SSSR count). The van der Waals surface area contributed by atoms with E-state index < -0.39 is 0 Å². The second-order valence-electron chi connectivity index (χ2n) is 15.3. The number of rotatable bonds is 7. The lowest BCUT2D eigenvalue weighted by atomic mass is 9.77. The number of anilines is 6. The third-order valence-corrected chi connectivity index (χ3v) is 11.4. The first kappa shape index (κ1) is 33.7. The van der Waals surface area contributed by atoms with E-state index >= 15 is 0 Å². The van der Waals surface area contributed by atoms with Crippen molar-refractivity contribution < 1.29 is 0 Å². The molecule has 0 N–H and O–H groups in total. The second kappa shape index (κ2) is 14.0. The van der Waals surface area contributed by atoms with Crippen LogP contribution in [-0.2, 0) is 6.42 Å². The second-order valence-corrected chi connectivity index (χ2v) is 15.3. The van der Waals surface area contributed by atoms with Crippen molar-refractivity contribution in [1.29, 1.82) is 0 Å². The highest BCUT2D eigenvalue weighted by atomic mass is 15.2. The topological polar surface area (TPSA) is 6.48 Å². The van der Waals surface area contributed by atoms with Crippen LogP contribution in [0.3, 0.4) is 0 Å². The summed E-state index contributed by atoms with van der Waals surface area (Å²) in [4.78, 5) is 5.00. The maximum Gasteiger partial charge on any atom is 0.0616 e. The highest BCUT2D eigenvalue weighted by Gasteiger charge is 2.28. The minimum Gasteiger partial charge on any atom is -0.309 e. The van der Waals surface area contributed by atoms with Crippen LogP contribution >= 0.6 is 0 Å². The molecule has 2 heteroatoms. The summed E-state index contributed by atoms with van der Waals surface area (Å²) >= 11 is 0. The minimum absolute atomic E-state index is 0.347. The van der Waals surface area contributed by atoms with Gasteiger partial charge in [0.2, 0.25) is 0 Å². The number of allylic oxidation sites excluding steroid dienone is 1.